The number of amides is 4. The van der Waals surface area contributed by atoms with Gasteiger partial charge in [-0.15, -0.1) is 0 Å². The Labute approximate surface area is 227 Å². The van der Waals surface area contributed by atoms with Crippen molar-refractivity contribution in [3.8, 4) is 5.75 Å². The summed E-state index contributed by atoms with van der Waals surface area (Å²) in [7, 11) is 1.52. The van der Waals surface area contributed by atoms with Crippen LogP contribution in [-0.4, -0.2) is 54.5 Å². The Kier molecular flexibility index (Phi) is 9.38. The Morgan fingerprint density at radius 2 is 1.84 bits per heavy atom. The van der Waals surface area contributed by atoms with Gasteiger partial charge in [0.2, 0.25) is 11.8 Å². The fourth-order valence-electron chi connectivity index (χ4n) is 4.16. The number of halogens is 1. The van der Waals surface area contributed by atoms with Gasteiger partial charge in [0.05, 0.1) is 24.6 Å². The molecule has 0 unspecified atom stereocenters. The van der Waals surface area contributed by atoms with E-state index < -0.39 is 41.4 Å². The summed E-state index contributed by atoms with van der Waals surface area (Å²) in [6, 6.07) is 10.7. The van der Waals surface area contributed by atoms with Gasteiger partial charge < -0.3 is 20.1 Å². The molecule has 0 spiro atoms. The lowest BCUT2D eigenvalue weighted by Gasteiger charge is -2.25. The number of urea groups is 1. The number of ether oxygens (including phenoxy) is 2. The molecular weight excluding hydrogens is 510 g/mol. The van der Waals surface area contributed by atoms with Crippen molar-refractivity contribution >= 4 is 35.4 Å². The number of hydrogen-bond donors (Lipinski definition) is 2. The maximum atomic E-state index is 13.4. The van der Waals surface area contributed by atoms with Crippen molar-refractivity contribution in [1.82, 2.24) is 15.5 Å². The van der Waals surface area contributed by atoms with Gasteiger partial charge in [0.1, 0.15) is 17.9 Å². The minimum atomic E-state index is -0.687. The molecule has 10 heteroatoms. The maximum absolute atomic E-state index is 13.4. The zero-order valence-electron chi connectivity index (χ0n) is 22.3. The molecule has 204 valence electrons. The highest BCUT2D eigenvalue weighted by molar-refractivity contribution is 6.30. The summed E-state index contributed by atoms with van der Waals surface area (Å²) in [5.41, 5.74) is 1.23. The number of esters is 1. The van der Waals surface area contributed by atoms with E-state index in [4.69, 9.17) is 21.1 Å². The number of rotatable bonds is 7. The summed E-state index contributed by atoms with van der Waals surface area (Å²) in [6.45, 7) is 6.97. The minimum absolute atomic E-state index is 0.0838. The first kappa shape index (κ1) is 29.0. The van der Waals surface area contributed by atoms with Crippen LogP contribution in [0.4, 0.5) is 4.79 Å². The van der Waals surface area contributed by atoms with Crippen molar-refractivity contribution in [2.24, 2.45) is 5.92 Å². The molecular formula is C28H34ClN3O6. The molecule has 3 rings (SSSR count). The fourth-order valence-corrected chi connectivity index (χ4v) is 4.36. The van der Waals surface area contributed by atoms with E-state index in [0.717, 1.165) is 10.5 Å². The van der Waals surface area contributed by atoms with Crippen LogP contribution in [0, 0.1) is 5.92 Å². The molecule has 0 aromatic heterocycles. The molecule has 1 aliphatic heterocycles. The standard InChI is InChI=1S/C28H34ClN3O6/c1-6-22(17-7-9-18(10-8-17)26(35)38-28(2,3)4)31-27(36)32-16-24(33)30-15-20(25(32)34)13-19-14-21(29)11-12-23(19)37-5/h7-12,14,20,22H,6,13,15-16H2,1-5H3,(H,30,33)(H,31,36)/t20-,22-/m1/s1. The van der Waals surface area contributed by atoms with Gasteiger partial charge in [-0.05, 0) is 75.1 Å². The van der Waals surface area contributed by atoms with E-state index in [1.54, 1.807) is 63.2 Å². The van der Waals surface area contributed by atoms with Crippen LogP contribution in [0.5, 0.6) is 5.75 Å². The van der Waals surface area contributed by atoms with Crippen LogP contribution in [0.25, 0.3) is 0 Å². The van der Waals surface area contributed by atoms with Gasteiger partial charge in [0, 0.05) is 11.6 Å². The number of methoxy groups -OCH3 is 1. The third kappa shape index (κ3) is 7.47. The van der Waals surface area contributed by atoms with Crippen LogP contribution < -0.4 is 15.4 Å². The van der Waals surface area contributed by atoms with Crippen LogP contribution in [0.1, 0.15) is 61.6 Å². The van der Waals surface area contributed by atoms with Crippen molar-refractivity contribution in [3.63, 3.8) is 0 Å². The Balaban J connectivity index is 1.75. The smallest absolute Gasteiger partial charge is 0.338 e. The number of nitrogens with one attached hydrogen (secondary N) is 2. The zero-order valence-corrected chi connectivity index (χ0v) is 23.1. The lowest BCUT2D eigenvalue weighted by atomic mass is 9.97. The van der Waals surface area contributed by atoms with Gasteiger partial charge in [-0.3, -0.25) is 14.5 Å². The number of carbonyl (C=O) groups excluding carboxylic acids is 4. The number of imide groups is 1. The molecule has 0 saturated carbocycles. The topological polar surface area (TPSA) is 114 Å². The van der Waals surface area contributed by atoms with Crippen molar-refractivity contribution in [1.29, 1.82) is 0 Å². The van der Waals surface area contributed by atoms with E-state index in [9.17, 15) is 19.2 Å². The van der Waals surface area contributed by atoms with Crippen LogP contribution in [0.3, 0.4) is 0 Å². The average Bonchev–Trinajstić information content (AvgIpc) is 3.00. The minimum Gasteiger partial charge on any atom is -0.496 e. The van der Waals surface area contributed by atoms with Gasteiger partial charge in [-0.25, -0.2) is 9.59 Å². The Hall–Kier alpha value is -3.59. The van der Waals surface area contributed by atoms with E-state index in [1.807, 2.05) is 6.92 Å². The van der Waals surface area contributed by atoms with Crippen molar-refractivity contribution in [3.05, 3.63) is 64.2 Å². The lowest BCUT2D eigenvalue weighted by molar-refractivity contribution is -0.133. The second-order valence-electron chi connectivity index (χ2n) is 10.1. The summed E-state index contributed by atoms with van der Waals surface area (Å²) in [4.78, 5) is 52.3. The molecule has 1 aliphatic rings. The molecule has 9 nitrogen and oxygen atoms in total. The zero-order chi connectivity index (χ0) is 28.0. The summed E-state index contributed by atoms with van der Waals surface area (Å²) in [5, 5.41) is 6.06. The highest BCUT2D eigenvalue weighted by atomic mass is 35.5. The SMILES string of the molecule is CC[C@@H](NC(=O)N1CC(=O)NC[C@@H](Cc2cc(Cl)ccc2OC)C1=O)c1ccc(C(=O)OC(C)(C)C)cc1. The maximum Gasteiger partial charge on any atom is 0.338 e. The Morgan fingerprint density at radius 1 is 1.16 bits per heavy atom. The molecule has 0 radical (unpaired) electrons. The van der Waals surface area contributed by atoms with Gasteiger partial charge in [0.25, 0.3) is 0 Å². The number of carbonyl (C=O) groups is 4. The molecule has 0 aliphatic carbocycles. The molecule has 1 heterocycles. The molecule has 2 atom stereocenters. The Bertz CT molecular complexity index is 1190. The van der Waals surface area contributed by atoms with E-state index in [-0.39, 0.29) is 19.5 Å². The normalized spacial score (nSPS) is 16.8. The van der Waals surface area contributed by atoms with Gasteiger partial charge >= 0.3 is 12.0 Å². The molecule has 0 bridgehead atoms. The van der Waals surface area contributed by atoms with Crippen molar-refractivity contribution in [2.45, 2.75) is 52.2 Å². The van der Waals surface area contributed by atoms with Gasteiger partial charge in [-0.2, -0.15) is 0 Å². The second-order valence-corrected chi connectivity index (χ2v) is 10.6. The molecule has 4 amide bonds. The molecule has 38 heavy (non-hydrogen) atoms. The van der Waals surface area contributed by atoms with E-state index in [1.165, 1.54) is 7.11 Å². The largest absolute Gasteiger partial charge is 0.496 e. The second kappa shape index (κ2) is 12.3. The van der Waals surface area contributed by atoms with E-state index in [2.05, 4.69) is 10.6 Å². The summed E-state index contributed by atoms with van der Waals surface area (Å²) in [5.74, 6) is -1.46. The Morgan fingerprint density at radius 3 is 2.45 bits per heavy atom. The van der Waals surface area contributed by atoms with Crippen molar-refractivity contribution < 1.29 is 28.7 Å². The number of benzene rings is 2. The predicted octanol–water partition coefficient (Wildman–Crippen LogP) is 4.28. The summed E-state index contributed by atoms with van der Waals surface area (Å²) < 4.78 is 10.8. The van der Waals surface area contributed by atoms with Crippen LogP contribution in [-0.2, 0) is 20.7 Å². The molecule has 2 aromatic carbocycles. The van der Waals surface area contributed by atoms with Crippen LogP contribution >= 0.6 is 11.6 Å². The highest BCUT2D eigenvalue weighted by Gasteiger charge is 2.35. The average molecular weight is 544 g/mol. The van der Waals surface area contributed by atoms with Gasteiger partial charge in [0.15, 0.2) is 0 Å². The lowest BCUT2D eigenvalue weighted by Crippen LogP contribution is -2.48. The predicted molar refractivity (Wildman–Crippen MR) is 143 cm³/mol. The van der Waals surface area contributed by atoms with E-state index >= 15 is 0 Å². The third-order valence-corrected chi connectivity index (χ3v) is 6.31. The van der Waals surface area contributed by atoms with E-state index in [0.29, 0.717) is 28.3 Å². The fraction of sp³-hybridized carbons (Fsp3) is 0.429. The molecule has 1 saturated heterocycles. The van der Waals surface area contributed by atoms with Crippen molar-refractivity contribution in [2.75, 3.05) is 20.2 Å². The number of hydrogen-bond acceptors (Lipinski definition) is 6. The first-order valence-corrected chi connectivity index (χ1v) is 12.8. The molecule has 1 fully saturated rings. The van der Waals surface area contributed by atoms with Gasteiger partial charge in [-0.1, -0.05) is 30.7 Å². The molecule has 2 aromatic rings. The third-order valence-electron chi connectivity index (χ3n) is 6.07. The quantitative estimate of drug-likeness (QED) is 0.504. The van der Waals surface area contributed by atoms with Crippen LogP contribution in [0.2, 0.25) is 5.02 Å². The monoisotopic (exact) mass is 543 g/mol. The number of nitrogens with zero attached hydrogens (tertiary/aromatic N) is 1. The first-order valence-electron chi connectivity index (χ1n) is 12.5. The van der Waals surface area contributed by atoms with Crippen LogP contribution in [0.15, 0.2) is 42.5 Å². The summed E-state index contributed by atoms with van der Waals surface area (Å²) >= 11 is 6.14. The molecule has 2 N–H and O–H groups in total. The first-order chi connectivity index (χ1) is 17.9. The summed E-state index contributed by atoms with van der Waals surface area (Å²) in [6.07, 6.45) is 0.755. The highest BCUT2D eigenvalue weighted by Crippen LogP contribution is 2.27.